The van der Waals surface area contributed by atoms with E-state index in [1.54, 1.807) is 12.1 Å². The lowest BCUT2D eigenvalue weighted by Crippen LogP contribution is -2.39. The number of carbonyl (C=O) groups excluding carboxylic acids is 1. The smallest absolute Gasteiger partial charge is 0.269 e. The molecule has 1 saturated heterocycles. The summed E-state index contributed by atoms with van der Waals surface area (Å²) in [6, 6.07) is 6.42. The van der Waals surface area contributed by atoms with Crippen molar-refractivity contribution in [1.82, 2.24) is 4.90 Å². The molecule has 0 radical (unpaired) electrons. The first-order valence-corrected chi connectivity index (χ1v) is 7.22. The molecule has 1 fully saturated rings. The number of likely N-dealkylation sites (tertiary alicyclic amines) is 1. The van der Waals surface area contributed by atoms with Crippen molar-refractivity contribution >= 4 is 11.6 Å². The summed E-state index contributed by atoms with van der Waals surface area (Å²) in [5.41, 5.74) is 0.867. The Balaban J connectivity index is 1.84. The number of amides is 1. The first kappa shape index (κ1) is 15.4. The minimum absolute atomic E-state index is 0.0590. The van der Waals surface area contributed by atoms with Crippen LogP contribution in [-0.4, -0.2) is 40.5 Å². The summed E-state index contributed by atoms with van der Waals surface area (Å²) in [7, 11) is 0. The second-order valence-corrected chi connectivity index (χ2v) is 5.43. The lowest BCUT2D eigenvalue weighted by Gasteiger charge is -2.31. The summed E-state index contributed by atoms with van der Waals surface area (Å²) in [6.45, 7) is 1.58. The van der Waals surface area contributed by atoms with Crippen LogP contribution in [0.25, 0.3) is 0 Å². The van der Waals surface area contributed by atoms with Crippen LogP contribution in [0.15, 0.2) is 24.3 Å². The molecule has 1 aromatic rings. The molecule has 6 heteroatoms. The summed E-state index contributed by atoms with van der Waals surface area (Å²) in [5.74, 6) is 0.392. The van der Waals surface area contributed by atoms with Gasteiger partial charge in [0.2, 0.25) is 5.91 Å². The van der Waals surface area contributed by atoms with Gasteiger partial charge in [0.05, 0.1) is 4.92 Å². The van der Waals surface area contributed by atoms with Gasteiger partial charge in [0.25, 0.3) is 5.69 Å². The fraction of sp³-hybridized carbons (Fsp3) is 0.533. The van der Waals surface area contributed by atoms with E-state index in [1.807, 2.05) is 4.90 Å². The maximum atomic E-state index is 12.1. The van der Waals surface area contributed by atoms with E-state index in [2.05, 4.69) is 0 Å². The van der Waals surface area contributed by atoms with Crippen LogP contribution in [-0.2, 0) is 11.2 Å². The number of aliphatic hydroxyl groups is 1. The van der Waals surface area contributed by atoms with Crippen LogP contribution in [0, 0.1) is 16.0 Å². The highest BCUT2D eigenvalue weighted by molar-refractivity contribution is 5.76. The maximum absolute atomic E-state index is 12.1. The van der Waals surface area contributed by atoms with E-state index in [4.69, 9.17) is 5.11 Å². The molecule has 0 unspecified atom stereocenters. The number of nitro benzene ring substituents is 1. The van der Waals surface area contributed by atoms with Gasteiger partial charge in [-0.05, 0) is 30.7 Å². The van der Waals surface area contributed by atoms with Crippen LogP contribution in [0.2, 0.25) is 0 Å². The summed E-state index contributed by atoms with van der Waals surface area (Å²) in [5, 5.41) is 19.8. The van der Waals surface area contributed by atoms with E-state index < -0.39 is 4.92 Å². The molecule has 21 heavy (non-hydrogen) atoms. The predicted molar refractivity (Wildman–Crippen MR) is 77.8 cm³/mol. The highest BCUT2D eigenvalue weighted by Crippen LogP contribution is 2.18. The number of nitrogens with zero attached hydrogens (tertiary/aromatic N) is 2. The number of carbonyl (C=O) groups is 1. The predicted octanol–water partition coefficient (Wildman–Crippen LogP) is 1.76. The SMILES string of the molecule is O=C(CCc1cccc([N+](=O)[O-])c1)N1CCC(CO)CC1. The molecule has 1 amide bonds. The zero-order valence-corrected chi connectivity index (χ0v) is 11.9. The first-order valence-electron chi connectivity index (χ1n) is 7.22. The number of aliphatic hydroxyl groups excluding tert-OH is 1. The number of piperidine rings is 1. The Bertz CT molecular complexity index is 510. The molecule has 0 aromatic heterocycles. The number of nitro groups is 1. The van der Waals surface area contributed by atoms with Crippen molar-refractivity contribution in [2.24, 2.45) is 5.92 Å². The number of hydrogen-bond acceptors (Lipinski definition) is 4. The van der Waals surface area contributed by atoms with Crippen LogP contribution in [0.1, 0.15) is 24.8 Å². The van der Waals surface area contributed by atoms with Gasteiger partial charge in [0.1, 0.15) is 0 Å². The molecule has 0 spiro atoms. The van der Waals surface area contributed by atoms with Gasteiger partial charge in [0.15, 0.2) is 0 Å². The van der Waals surface area contributed by atoms with Crippen LogP contribution in [0.4, 0.5) is 5.69 Å². The summed E-state index contributed by atoms with van der Waals surface area (Å²) < 4.78 is 0. The standard InChI is InChI=1S/C15H20N2O4/c18-11-13-6-8-16(9-7-13)15(19)5-4-12-2-1-3-14(10-12)17(20)21/h1-3,10,13,18H,4-9,11H2. The largest absolute Gasteiger partial charge is 0.396 e. The molecule has 0 aliphatic carbocycles. The molecular formula is C15H20N2O4. The van der Waals surface area contributed by atoms with Gasteiger partial charge >= 0.3 is 0 Å². The first-order chi connectivity index (χ1) is 10.1. The molecular weight excluding hydrogens is 272 g/mol. The third kappa shape index (κ3) is 4.26. The fourth-order valence-electron chi connectivity index (χ4n) is 2.60. The monoisotopic (exact) mass is 292 g/mol. The van der Waals surface area contributed by atoms with Gasteiger partial charge < -0.3 is 10.0 Å². The van der Waals surface area contributed by atoms with Crippen molar-refractivity contribution in [2.45, 2.75) is 25.7 Å². The third-order valence-electron chi connectivity index (χ3n) is 3.97. The Labute approximate surface area is 123 Å². The Kier molecular flexibility index (Phi) is 5.27. The lowest BCUT2D eigenvalue weighted by molar-refractivity contribution is -0.384. The molecule has 0 saturated carbocycles. The van der Waals surface area contributed by atoms with E-state index >= 15 is 0 Å². The van der Waals surface area contributed by atoms with Gasteiger partial charge in [-0.2, -0.15) is 0 Å². The van der Waals surface area contributed by atoms with Crippen molar-refractivity contribution in [2.75, 3.05) is 19.7 Å². The van der Waals surface area contributed by atoms with Gasteiger partial charge in [-0.25, -0.2) is 0 Å². The minimum Gasteiger partial charge on any atom is -0.396 e. The minimum atomic E-state index is -0.426. The van der Waals surface area contributed by atoms with Gasteiger partial charge in [-0.15, -0.1) is 0 Å². The van der Waals surface area contributed by atoms with Gasteiger partial charge in [-0.1, -0.05) is 12.1 Å². The van der Waals surface area contributed by atoms with Crippen LogP contribution < -0.4 is 0 Å². The van der Waals surface area contributed by atoms with Crippen molar-refractivity contribution in [3.8, 4) is 0 Å². The Morgan fingerprint density at radius 3 is 2.71 bits per heavy atom. The summed E-state index contributed by atoms with van der Waals surface area (Å²) in [6.07, 6.45) is 2.57. The molecule has 1 aromatic carbocycles. The van der Waals surface area contributed by atoms with Gasteiger partial charge in [-0.3, -0.25) is 14.9 Å². The number of rotatable bonds is 5. The zero-order valence-electron chi connectivity index (χ0n) is 11.9. The van der Waals surface area contributed by atoms with Crippen molar-refractivity contribution in [1.29, 1.82) is 0 Å². The highest BCUT2D eigenvalue weighted by atomic mass is 16.6. The van der Waals surface area contributed by atoms with E-state index in [1.165, 1.54) is 12.1 Å². The summed E-state index contributed by atoms with van der Waals surface area (Å²) >= 11 is 0. The van der Waals surface area contributed by atoms with Crippen LogP contribution in [0.5, 0.6) is 0 Å². The fourth-order valence-corrected chi connectivity index (χ4v) is 2.60. The molecule has 0 bridgehead atoms. The molecule has 1 aliphatic rings. The molecule has 6 nitrogen and oxygen atoms in total. The third-order valence-corrected chi connectivity index (χ3v) is 3.97. The molecule has 2 rings (SSSR count). The maximum Gasteiger partial charge on any atom is 0.269 e. The average molecular weight is 292 g/mol. The number of aryl methyl sites for hydroxylation is 1. The average Bonchev–Trinajstić information content (AvgIpc) is 2.53. The van der Waals surface area contributed by atoms with E-state index in [9.17, 15) is 14.9 Å². The van der Waals surface area contributed by atoms with E-state index in [0.717, 1.165) is 18.4 Å². The zero-order chi connectivity index (χ0) is 15.2. The summed E-state index contributed by atoms with van der Waals surface area (Å²) in [4.78, 5) is 24.2. The number of benzene rings is 1. The lowest BCUT2D eigenvalue weighted by atomic mass is 9.97. The van der Waals surface area contributed by atoms with E-state index in [-0.39, 0.29) is 18.2 Å². The second kappa shape index (κ2) is 7.17. The molecule has 114 valence electrons. The Morgan fingerprint density at radius 2 is 2.10 bits per heavy atom. The Morgan fingerprint density at radius 1 is 1.38 bits per heavy atom. The second-order valence-electron chi connectivity index (χ2n) is 5.43. The molecule has 1 N–H and O–H groups in total. The molecule has 0 atom stereocenters. The topological polar surface area (TPSA) is 83.7 Å². The highest BCUT2D eigenvalue weighted by Gasteiger charge is 2.21. The Hall–Kier alpha value is -1.95. The normalized spacial score (nSPS) is 16.0. The quantitative estimate of drug-likeness (QED) is 0.662. The number of hydrogen-bond donors (Lipinski definition) is 1. The van der Waals surface area contributed by atoms with Crippen molar-refractivity contribution in [3.63, 3.8) is 0 Å². The van der Waals surface area contributed by atoms with Gasteiger partial charge in [0, 0.05) is 38.2 Å². The number of non-ortho nitro benzene ring substituents is 1. The van der Waals surface area contributed by atoms with Crippen LogP contribution >= 0.6 is 0 Å². The van der Waals surface area contributed by atoms with E-state index in [0.29, 0.717) is 31.8 Å². The molecule has 1 heterocycles. The van der Waals surface area contributed by atoms with Crippen molar-refractivity contribution < 1.29 is 14.8 Å². The van der Waals surface area contributed by atoms with Crippen LogP contribution in [0.3, 0.4) is 0 Å². The molecule has 1 aliphatic heterocycles. The van der Waals surface area contributed by atoms with Crippen molar-refractivity contribution in [3.05, 3.63) is 39.9 Å².